The fraction of sp³-hybridized carbons (Fsp3) is 0.750. The van der Waals surface area contributed by atoms with Crippen molar-refractivity contribution in [2.45, 2.75) is 24.9 Å². The molecule has 2 heteroatoms. The molecule has 1 rings (SSSR count). The van der Waals surface area contributed by atoms with E-state index in [4.69, 9.17) is 11.5 Å². The third kappa shape index (κ3) is 1.31. The second kappa shape index (κ2) is 2.61. The van der Waals surface area contributed by atoms with Crippen LogP contribution in [0.4, 0.5) is 0 Å². The minimum Gasteiger partial charge on any atom is -0.396 e. The molecule has 0 aliphatic heterocycles. The van der Waals surface area contributed by atoms with Crippen molar-refractivity contribution in [2.75, 3.05) is 6.61 Å². The first-order valence-corrected chi connectivity index (χ1v) is 3.51. The van der Waals surface area contributed by atoms with E-state index in [0.29, 0.717) is 12.8 Å². The molecular weight excluding hydrogens is 128 g/mol. The molecular formula is C8H12O2. The summed E-state index contributed by atoms with van der Waals surface area (Å²) in [6, 6.07) is 0. The van der Waals surface area contributed by atoms with E-state index >= 15 is 0 Å². The number of terminal acetylenes is 1. The van der Waals surface area contributed by atoms with E-state index in [2.05, 4.69) is 5.92 Å². The summed E-state index contributed by atoms with van der Waals surface area (Å²) in [7, 11) is 0. The van der Waals surface area contributed by atoms with Crippen molar-refractivity contribution in [3.8, 4) is 12.3 Å². The lowest BCUT2D eigenvalue weighted by atomic mass is 10.0. The second-order valence-electron chi connectivity index (χ2n) is 2.97. The molecule has 0 aromatic heterocycles. The van der Waals surface area contributed by atoms with E-state index in [1.54, 1.807) is 0 Å². The van der Waals surface area contributed by atoms with Crippen LogP contribution in [0, 0.1) is 18.3 Å². The summed E-state index contributed by atoms with van der Waals surface area (Å²) in [5.74, 6) is 2.56. The molecule has 1 saturated carbocycles. The number of aliphatic hydroxyl groups excluding tert-OH is 1. The molecule has 0 aromatic rings. The third-order valence-corrected chi connectivity index (χ3v) is 2.12. The lowest BCUT2D eigenvalue weighted by molar-refractivity contribution is 0.0987. The molecule has 2 atom stereocenters. The normalized spacial score (nSPS) is 39.5. The molecule has 0 bridgehead atoms. The summed E-state index contributed by atoms with van der Waals surface area (Å²) in [6.07, 6.45) is 7.14. The van der Waals surface area contributed by atoms with E-state index in [1.807, 2.05) is 0 Å². The van der Waals surface area contributed by atoms with Crippen LogP contribution >= 0.6 is 0 Å². The van der Waals surface area contributed by atoms with Crippen molar-refractivity contribution in [1.29, 1.82) is 0 Å². The van der Waals surface area contributed by atoms with Gasteiger partial charge in [-0.3, -0.25) is 0 Å². The Bertz CT molecular complexity index is 159. The molecule has 0 amide bonds. The first-order valence-electron chi connectivity index (χ1n) is 3.51. The predicted molar refractivity (Wildman–Crippen MR) is 38.2 cm³/mol. The highest BCUT2D eigenvalue weighted by atomic mass is 16.3. The maximum Gasteiger partial charge on any atom is 0.125 e. The van der Waals surface area contributed by atoms with Crippen LogP contribution in [0.1, 0.15) is 19.3 Å². The summed E-state index contributed by atoms with van der Waals surface area (Å²) in [5, 5.41) is 18.2. The SMILES string of the molecule is C#CC1(O)CCC(CO)C1. The van der Waals surface area contributed by atoms with E-state index in [-0.39, 0.29) is 12.5 Å². The lowest BCUT2D eigenvalue weighted by Gasteiger charge is -2.13. The highest BCUT2D eigenvalue weighted by Gasteiger charge is 2.34. The van der Waals surface area contributed by atoms with Crippen LogP contribution in [0.15, 0.2) is 0 Å². The molecule has 0 heterocycles. The van der Waals surface area contributed by atoms with Gasteiger partial charge in [-0.1, -0.05) is 5.92 Å². The van der Waals surface area contributed by atoms with Crippen LogP contribution in [0.5, 0.6) is 0 Å². The topological polar surface area (TPSA) is 40.5 Å². The summed E-state index contributed by atoms with van der Waals surface area (Å²) in [6.45, 7) is 0.143. The van der Waals surface area contributed by atoms with Gasteiger partial charge in [-0.25, -0.2) is 0 Å². The summed E-state index contributed by atoms with van der Waals surface area (Å²) >= 11 is 0. The van der Waals surface area contributed by atoms with Gasteiger partial charge in [-0.15, -0.1) is 6.42 Å². The summed E-state index contributed by atoms with van der Waals surface area (Å²) < 4.78 is 0. The first-order chi connectivity index (χ1) is 4.70. The predicted octanol–water partition coefficient (Wildman–Crippen LogP) is 0.143. The van der Waals surface area contributed by atoms with Gasteiger partial charge in [-0.2, -0.15) is 0 Å². The Morgan fingerprint density at radius 3 is 2.70 bits per heavy atom. The quantitative estimate of drug-likeness (QED) is 0.509. The van der Waals surface area contributed by atoms with Gasteiger partial charge in [0.1, 0.15) is 5.60 Å². The zero-order valence-corrected chi connectivity index (χ0v) is 5.88. The Morgan fingerprint density at radius 2 is 2.40 bits per heavy atom. The van der Waals surface area contributed by atoms with E-state index in [1.165, 1.54) is 0 Å². The monoisotopic (exact) mass is 140 g/mol. The standard InChI is InChI=1S/C8H12O2/c1-2-8(10)4-3-7(5-8)6-9/h1,7,9-10H,3-6H2. The van der Waals surface area contributed by atoms with Crippen molar-refractivity contribution in [3.63, 3.8) is 0 Å². The molecule has 0 spiro atoms. The lowest BCUT2D eigenvalue weighted by Crippen LogP contribution is -2.22. The van der Waals surface area contributed by atoms with Gasteiger partial charge in [0.2, 0.25) is 0 Å². The van der Waals surface area contributed by atoms with Gasteiger partial charge in [0, 0.05) is 6.61 Å². The smallest absolute Gasteiger partial charge is 0.125 e. The van der Waals surface area contributed by atoms with Crippen LogP contribution in [0.2, 0.25) is 0 Å². The minimum atomic E-state index is -0.923. The number of aliphatic hydroxyl groups is 2. The van der Waals surface area contributed by atoms with Crippen LogP contribution in [0.25, 0.3) is 0 Å². The fourth-order valence-corrected chi connectivity index (χ4v) is 1.41. The number of hydrogen-bond donors (Lipinski definition) is 2. The molecule has 10 heavy (non-hydrogen) atoms. The second-order valence-corrected chi connectivity index (χ2v) is 2.97. The Hall–Kier alpha value is -0.520. The summed E-state index contributed by atoms with van der Waals surface area (Å²) in [5.41, 5.74) is -0.923. The summed E-state index contributed by atoms with van der Waals surface area (Å²) in [4.78, 5) is 0. The molecule has 2 N–H and O–H groups in total. The molecule has 0 saturated heterocycles. The molecule has 1 aliphatic carbocycles. The largest absolute Gasteiger partial charge is 0.396 e. The maximum absolute atomic E-state index is 9.45. The van der Waals surface area contributed by atoms with Gasteiger partial charge < -0.3 is 10.2 Å². The van der Waals surface area contributed by atoms with Gasteiger partial charge in [-0.05, 0) is 25.2 Å². The molecule has 2 unspecified atom stereocenters. The Kier molecular flexibility index (Phi) is 1.98. The van der Waals surface area contributed by atoms with Crippen LogP contribution in [0.3, 0.4) is 0 Å². The van der Waals surface area contributed by atoms with Gasteiger partial charge in [0.05, 0.1) is 0 Å². The fourth-order valence-electron chi connectivity index (χ4n) is 1.41. The molecule has 0 radical (unpaired) electrons. The minimum absolute atomic E-state index is 0.143. The first kappa shape index (κ1) is 7.59. The average Bonchev–Trinajstić information content (AvgIpc) is 2.33. The zero-order chi connectivity index (χ0) is 7.61. The van der Waals surface area contributed by atoms with Crippen molar-refractivity contribution in [3.05, 3.63) is 0 Å². The molecule has 1 aliphatic rings. The average molecular weight is 140 g/mol. The van der Waals surface area contributed by atoms with Crippen molar-refractivity contribution >= 4 is 0 Å². The van der Waals surface area contributed by atoms with Crippen molar-refractivity contribution in [2.24, 2.45) is 5.92 Å². The highest BCUT2D eigenvalue weighted by Crippen LogP contribution is 2.33. The highest BCUT2D eigenvalue weighted by molar-refractivity contribution is 5.10. The number of hydrogen-bond acceptors (Lipinski definition) is 2. The van der Waals surface area contributed by atoms with Gasteiger partial charge in [0.15, 0.2) is 0 Å². The molecule has 1 fully saturated rings. The van der Waals surface area contributed by atoms with Crippen LogP contribution < -0.4 is 0 Å². The van der Waals surface area contributed by atoms with Crippen LogP contribution in [-0.2, 0) is 0 Å². The zero-order valence-electron chi connectivity index (χ0n) is 5.88. The maximum atomic E-state index is 9.45. The van der Waals surface area contributed by atoms with Crippen molar-refractivity contribution in [1.82, 2.24) is 0 Å². The van der Waals surface area contributed by atoms with E-state index < -0.39 is 5.60 Å². The Labute approximate surface area is 60.9 Å². The van der Waals surface area contributed by atoms with Crippen molar-refractivity contribution < 1.29 is 10.2 Å². The third-order valence-electron chi connectivity index (χ3n) is 2.12. The molecule has 2 nitrogen and oxygen atoms in total. The Balaban J connectivity index is 2.51. The molecule has 56 valence electrons. The van der Waals surface area contributed by atoms with Gasteiger partial charge >= 0.3 is 0 Å². The van der Waals surface area contributed by atoms with E-state index in [0.717, 1.165) is 6.42 Å². The van der Waals surface area contributed by atoms with E-state index in [9.17, 15) is 5.11 Å². The Morgan fingerprint density at radius 1 is 1.70 bits per heavy atom. The molecule has 0 aromatic carbocycles. The van der Waals surface area contributed by atoms with Crippen LogP contribution in [-0.4, -0.2) is 22.4 Å². The number of rotatable bonds is 1. The van der Waals surface area contributed by atoms with Gasteiger partial charge in [0.25, 0.3) is 0 Å².